The number of amides is 1. The van der Waals surface area contributed by atoms with E-state index < -0.39 is 5.82 Å². The lowest BCUT2D eigenvalue weighted by atomic mass is 10.1. The van der Waals surface area contributed by atoms with Gasteiger partial charge in [0.25, 0.3) is 5.91 Å². The van der Waals surface area contributed by atoms with Crippen LogP contribution in [0.15, 0.2) is 53.1 Å². The van der Waals surface area contributed by atoms with Crippen LogP contribution in [0.4, 0.5) is 4.39 Å². The molecule has 0 radical (unpaired) electrons. The van der Waals surface area contributed by atoms with Gasteiger partial charge in [-0.05, 0) is 58.5 Å². The van der Waals surface area contributed by atoms with Crippen molar-refractivity contribution in [2.45, 2.75) is 6.54 Å². The molecule has 0 bridgehead atoms. The molecule has 0 saturated heterocycles. The average Bonchev–Trinajstić information content (AvgIpc) is 2.94. The Morgan fingerprint density at radius 2 is 2.05 bits per heavy atom. The van der Waals surface area contributed by atoms with E-state index in [9.17, 15) is 9.18 Å². The molecule has 0 aliphatic carbocycles. The van der Waals surface area contributed by atoms with Gasteiger partial charge in [-0.15, -0.1) is 0 Å². The number of furan rings is 1. The zero-order valence-electron chi connectivity index (χ0n) is 10.9. The smallest absolute Gasteiger partial charge is 0.252 e. The summed E-state index contributed by atoms with van der Waals surface area (Å²) in [4.78, 5) is 12.1. The summed E-state index contributed by atoms with van der Waals surface area (Å²) >= 11 is 2.01. The molecule has 2 aromatic carbocycles. The summed E-state index contributed by atoms with van der Waals surface area (Å²) in [5.41, 5.74) is 2.05. The highest BCUT2D eigenvalue weighted by Crippen LogP contribution is 2.17. The predicted molar refractivity (Wildman–Crippen MR) is 86.5 cm³/mol. The third kappa shape index (κ3) is 3.07. The van der Waals surface area contributed by atoms with Crippen molar-refractivity contribution < 1.29 is 13.6 Å². The van der Waals surface area contributed by atoms with Crippen molar-refractivity contribution in [2.24, 2.45) is 0 Å². The lowest BCUT2D eigenvalue weighted by molar-refractivity contribution is 0.0949. The van der Waals surface area contributed by atoms with Gasteiger partial charge >= 0.3 is 0 Å². The maximum atomic E-state index is 13.2. The Morgan fingerprint density at radius 3 is 2.90 bits per heavy atom. The first kappa shape index (κ1) is 14.1. The van der Waals surface area contributed by atoms with E-state index in [-0.39, 0.29) is 5.91 Å². The maximum absolute atomic E-state index is 13.2. The van der Waals surface area contributed by atoms with Crippen LogP contribution in [-0.2, 0) is 6.54 Å². The quantitative estimate of drug-likeness (QED) is 0.679. The van der Waals surface area contributed by atoms with Crippen molar-refractivity contribution in [3.8, 4) is 0 Å². The van der Waals surface area contributed by atoms with E-state index in [0.29, 0.717) is 15.7 Å². The number of carbonyl (C=O) groups excluding carboxylic acids is 1. The molecule has 0 atom stereocenters. The van der Waals surface area contributed by atoms with E-state index >= 15 is 0 Å². The standard InChI is InChI=1S/C16H11FINO2/c17-12-3-4-14(18)13(8-12)16(20)19-9-10-1-2-11-5-6-21-15(11)7-10/h1-8H,9H2,(H,19,20). The summed E-state index contributed by atoms with van der Waals surface area (Å²) in [6, 6.07) is 11.8. The summed E-state index contributed by atoms with van der Waals surface area (Å²) in [5, 5.41) is 3.81. The summed E-state index contributed by atoms with van der Waals surface area (Å²) < 4.78 is 19.3. The molecule has 1 heterocycles. The fourth-order valence-corrected chi connectivity index (χ4v) is 2.64. The fraction of sp³-hybridized carbons (Fsp3) is 0.0625. The molecule has 21 heavy (non-hydrogen) atoms. The summed E-state index contributed by atoms with van der Waals surface area (Å²) in [7, 11) is 0. The second kappa shape index (κ2) is 5.85. The number of hydrogen-bond acceptors (Lipinski definition) is 2. The molecular weight excluding hydrogens is 384 g/mol. The molecule has 0 fully saturated rings. The molecule has 106 valence electrons. The first-order valence-electron chi connectivity index (χ1n) is 6.33. The topological polar surface area (TPSA) is 42.2 Å². The van der Waals surface area contributed by atoms with Crippen molar-refractivity contribution in [1.29, 1.82) is 0 Å². The fourth-order valence-electron chi connectivity index (χ4n) is 2.06. The Kier molecular flexibility index (Phi) is 3.92. The Labute approximate surface area is 134 Å². The van der Waals surface area contributed by atoms with E-state index in [4.69, 9.17) is 4.42 Å². The molecule has 1 amide bonds. The Bertz CT molecular complexity index is 813. The molecular formula is C16H11FINO2. The number of benzene rings is 2. The highest BCUT2D eigenvalue weighted by Gasteiger charge is 2.11. The van der Waals surface area contributed by atoms with Gasteiger partial charge in [0.2, 0.25) is 0 Å². The number of halogens is 2. The molecule has 0 saturated carbocycles. The Balaban J connectivity index is 1.74. The molecule has 0 aliphatic heterocycles. The van der Waals surface area contributed by atoms with Gasteiger partial charge in [-0.3, -0.25) is 4.79 Å². The number of rotatable bonds is 3. The lowest BCUT2D eigenvalue weighted by Gasteiger charge is -2.07. The highest BCUT2D eigenvalue weighted by atomic mass is 127. The molecule has 1 aromatic heterocycles. The van der Waals surface area contributed by atoms with Crippen LogP contribution in [-0.4, -0.2) is 5.91 Å². The molecule has 1 N–H and O–H groups in total. The van der Waals surface area contributed by atoms with Crippen LogP contribution in [0.5, 0.6) is 0 Å². The zero-order chi connectivity index (χ0) is 14.8. The monoisotopic (exact) mass is 395 g/mol. The second-order valence-electron chi connectivity index (χ2n) is 4.60. The first-order chi connectivity index (χ1) is 10.1. The van der Waals surface area contributed by atoms with Crippen molar-refractivity contribution in [3.63, 3.8) is 0 Å². The van der Waals surface area contributed by atoms with Crippen LogP contribution in [0.3, 0.4) is 0 Å². The number of fused-ring (bicyclic) bond motifs is 1. The van der Waals surface area contributed by atoms with E-state index in [2.05, 4.69) is 5.32 Å². The van der Waals surface area contributed by atoms with E-state index in [1.54, 1.807) is 12.3 Å². The van der Waals surface area contributed by atoms with E-state index in [1.165, 1.54) is 12.1 Å². The number of nitrogens with one attached hydrogen (secondary N) is 1. The molecule has 5 heteroatoms. The van der Waals surface area contributed by atoms with Crippen LogP contribution in [0.2, 0.25) is 0 Å². The van der Waals surface area contributed by atoms with Gasteiger partial charge in [-0.1, -0.05) is 12.1 Å². The minimum atomic E-state index is -0.419. The Hall–Kier alpha value is -1.89. The van der Waals surface area contributed by atoms with Gasteiger partial charge in [-0.2, -0.15) is 0 Å². The molecule has 0 aliphatic rings. The predicted octanol–water partition coefficient (Wildman–Crippen LogP) is 4.11. The largest absolute Gasteiger partial charge is 0.464 e. The van der Waals surface area contributed by atoms with Gasteiger partial charge in [0.05, 0.1) is 11.8 Å². The van der Waals surface area contributed by atoms with Gasteiger partial charge in [0, 0.05) is 15.5 Å². The van der Waals surface area contributed by atoms with E-state index in [0.717, 1.165) is 16.5 Å². The molecule has 0 unspecified atom stereocenters. The molecule has 0 spiro atoms. The minimum Gasteiger partial charge on any atom is -0.464 e. The summed E-state index contributed by atoms with van der Waals surface area (Å²) in [6.45, 7) is 0.363. The number of carbonyl (C=O) groups is 1. The van der Waals surface area contributed by atoms with Crippen LogP contribution >= 0.6 is 22.6 Å². The second-order valence-corrected chi connectivity index (χ2v) is 5.76. The summed E-state index contributed by atoms with van der Waals surface area (Å²) in [5.74, 6) is -0.712. The SMILES string of the molecule is O=C(NCc1ccc2ccoc2c1)c1cc(F)ccc1I. The van der Waals surface area contributed by atoms with Crippen molar-refractivity contribution in [1.82, 2.24) is 5.32 Å². The third-order valence-electron chi connectivity index (χ3n) is 3.15. The molecule has 3 rings (SSSR count). The van der Waals surface area contributed by atoms with Gasteiger partial charge in [0.1, 0.15) is 11.4 Å². The van der Waals surface area contributed by atoms with Crippen molar-refractivity contribution >= 4 is 39.5 Å². The maximum Gasteiger partial charge on any atom is 0.252 e. The highest BCUT2D eigenvalue weighted by molar-refractivity contribution is 14.1. The number of hydrogen-bond donors (Lipinski definition) is 1. The lowest BCUT2D eigenvalue weighted by Crippen LogP contribution is -2.23. The Morgan fingerprint density at radius 1 is 1.19 bits per heavy atom. The van der Waals surface area contributed by atoms with Crippen LogP contribution in [0, 0.1) is 9.39 Å². The minimum absolute atomic E-state index is 0.293. The van der Waals surface area contributed by atoms with Crippen molar-refractivity contribution in [2.75, 3.05) is 0 Å². The third-order valence-corrected chi connectivity index (χ3v) is 4.09. The van der Waals surface area contributed by atoms with Crippen LogP contribution in [0.1, 0.15) is 15.9 Å². The average molecular weight is 395 g/mol. The van der Waals surface area contributed by atoms with Crippen molar-refractivity contribution in [3.05, 3.63) is 69.2 Å². The first-order valence-corrected chi connectivity index (χ1v) is 7.41. The summed E-state index contributed by atoms with van der Waals surface area (Å²) in [6.07, 6.45) is 1.63. The normalized spacial score (nSPS) is 10.8. The van der Waals surface area contributed by atoms with Crippen LogP contribution < -0.4 is 5.32 Å². The molecule has 3 nitrogen and oxygen atoms in total. The van der Waals surface area contributed by atoms with E-state index in [1.807, 2.05) is 46.9 Å². The van der Waals surface area contributed by atoms with Crippen LogP contribution in [0.25, 0.3) is 11.0 Å². The zero-order valence-corrected chi connectivity index (χ0v) is 13.1. The van der Waals surface area contributed by atoms with Gasteiger partial charge in [-0.25, -0.2) is 4.39 Å². The molecule has 3 aromatic rings. The van der Waals surface area contributed by atoms with Gasteiger partial charge in [0.15, 0.2) is 0 Å². The van der Waals surface area contributed by atoms with Gasteiger partial charge < -0.3 is 9.73 Å².